The highest BCUT2D eigenvalue weighted by Gasteiger charge is 2.04. The Bertz CT molecular complexity index is 270. The third-order valence-corrected chi connectivity index (χ3v) is 2.16. The quantitative estimate of drug-likeness (QED) is 0.679. The molecule has 0 heterocycles. The molecule has 0 saturated carbocycles. The fourth-order valence-corrected chi connectivity index (χ4v) is 1.11. The Kier molecular flexibility index (Phi) is 7.02. The molecule has 0 aromatic heterocycles. The van der Waals surface area contributed by atoms with E-state index in [1.165, 1.54) is 0 Å². The topological polar surface area (TPSA) is 74.6 Å². The molecule has 0 aromatic rings. The van der Waals surface area contributed by atoms with E-state index in [-0.39, 0.29) is 24.7 Å². The number of carboxylic acid groups (broad SMARTS) is 2. The molecule has 0 bridgehead atoms. The van der Waals surface area contributed by atoms with E-state index in [9.17, 15) is 9.59 Å². The average Bonchev–Trinajstić information content (AvgIpc) is 2.20. The molecule has 0 rings (SSSR count). The zero-order valence-corrected chi connectivity index (χ0v) is 9.69. The minimum atomic E-state index is -0.812. The Labute approximate surface area is 95.7 Å². The molecule has 0 aliphatic heterocycles. The van der Waals surface area contributed by atoms with Gasteiger partial charge in [0.25, 0.3) is 0 Å². The Balaban J connectivity index is 3.87. The summed E-state index contributed by atoms with van der Waals surface area (Å²) in [6, 6.07) is 0. The van der Waals surface area contributed by atoms with Gasteiger partial charge >= 0.3 is 11.9 Å². The lowest BCUT2D eigenvalue weighted by molar-refractivity contribution is -0.138. The Morgan fingerprint density at radius 3 is 1.50 bits per heavy atom. The zero-order chi connectivity index (χ0) is 12.6. The third-order valence-electron chi connectivity index (χ3n) is 2.16. The van der Waals surface area contributed by atoms with Crippen LogP contribution in [-0.4, -0.2) is 22.2 Å². The summed E-state index contributed by atoms with van der Waals surface area (Å²) in [6.07, 6.45) is 1.32. The van der Waals surface area contributed by atoms with Crippen LogP contribution in [0.3, 0.4) is 0 Å². The van der Waals surface area contributed by atoms with Crippen molar-refractivity contribution in [3.05, 3.63) is 0 Å². The molecular formula is C12H18O4. The van der Waals surface area contributed by atoms with E-state index in [0.29, 0.717) is 12.8 Å². The highest BCUT2D eigenvalue weighted by Crippen LogP contribution is 2.07. The van der Waals surface area contributed by atoms with Gasteiger partial charge in [0.2, 0.25) is 0 Å². The van der Waals surface area contributed by atoms with Gasteiger partial charge < -0.3 is 10.2 Å². The summed E-state index contributed by atoms with van der Waals surface area (Å²) >= 11 is 0. The molecular weight excluding hydrogens is 208 g/mol. The van der Waals surface area contributed by atoms with Gasteiger partial charge in [-0.3, -0.25) is 9.59 Å². The van der Waals surface area contributed by atoms with Crippen LogP contribution in [0.4, 0.5) is 0 Å². The van der Waals surface area contributed by atoms with E-state index < -0.39 is 11.9 Å². The van der Waals surface area contributed by atoms with Crippen molar-refractivity contribution in [2.24, 2.45) is 11.8 Å². The van der Waals surface area contributed by atoms with E-state index in [1.54, 1.807) is 0 Å². The van der Waals surface area contributed by atoms with E-state index in [2.05, 4.69) is 11.8 Å². The zero-order valence-electron chi connectivity index (χ0n) is 9.69. The minimum absolute atomic E-state index is 0.0448. The summed E-state index contributed by atoms with van der Waals surface area (Å²) in [5, 5.41) is 16.9. The van der Waals surface area contributed by atoms with Crippen molar-refractivity contribution in [2.75, 3.05) is 0 Å². The van der Waals surface area contributed by atoms with Crippen LogP contribution in [0, 0.1) is 23.7 Å². The monoisotopic (exact) mass is 226 g/mol. The van der Waals surface area contributed by atoms with Crippen LogP contribution in [0.25, 0.3) is 0 Å². The van der Waals surface area contributed by atoms with Gasteiger partial charge in [-0.15, -0.1) is 0 Å². The van der Waals surface area contributed by atoms with Gasteiger partial charge in [-0.25, -0.2) is 0 Å². The number of hydrogen-bond donors (Lipinski definition) is 2. The van der Waals surface area contributed by atoms with Crippen LogP contribution >= 0.6 is 0 Å². The van der Waals surface area contributed by atoms with Crippen molar-refractivity contribution < 1.29 is 19.8 Å². The number of hydrogen-bond acceptors (Lipinski definition) is 2. The number of rotatable bonds is 6. The van der Waals surface area contributed by atoms with E-state index >= 15 is 0 Å². The van der Waals surface area contributed by atoms with Gasteiger partial charge in [-0.2, -0.15) is 0 Å². The van der Waals surface area contributed by atoms with Crippen LogP contribution in [0.2, 0.25) is 0 Å². The maximum atomic E-state index is 10.3. The largest absolute Gasteiger partial charge is 0.481 e. The number of carboxylic acids is 2. The standard InChI is InChI=1S/C12H18O4/c1-9(5-7-11(13)14)3-4-10(2)6-8-12(15)16/h9-10H,5-8H2,1-2H3,(H,13,14)(H,15,16). The van der Waals surface area contributed by atoms with Crippen molar-refractivity contribution in [1.82, 2.24) is 0 Å². The van der Waals surface area contributed by atoms with Crippen LogP contribution < -0.4 is 0 Å². The van der Waals surface area contributed by atoms with E-state index in [1.807, 2.05) is 13.8 Å². The van der Waals surface area contributed by atoms with Crippen molar-refractivity contribution in [2.45, 2.75) is 39.5 Å². The highest BCUT2D eigenvalue weighted by molar-refractivity contribution is 5.67. The molecule has 16 heavy (non-hydrogen) atoms. The first-order valence-electron chi connectivity index (χ1n) is 5.36. The molecule has 2 unspecified atom stereocenters. The van der Waals surface area contributed by atoms with E-state index in [0.717, 1.165) is 0 Å². The molecule has 4 heteroatoms. The van der Waals surface area contributed by atoms with E-state index in [4.69, 9.17) is 10.2 Å². The molecule has 2 atom stereocenters. The summed E-state index contributed by atoms with van der Waals surface area (Å²) in [7, 11) is 0. The third kappa shape index (κ3) is 9.07. The lowest BCUT2D eigenvalue weighted by atomic mass is 10.0. The molecule has 0 aliphatic rings. The number of carbonyl (C=O) groups is 2. The second kappa shape index (κ2) is 7.75. The summed E-state index contributed by atoms with van der Waals surface area (Å²) < 4.78 is 0. The SMILES string of the molecule is CC(C#CC(C)CCC(=O)O)CCC(=O)O. The first-order valence-corrected chi connectivity index (χ1v) is 5.36. The Morgan fingerprint density at radius 2 is 1.25 bits per heavy atom. The van der Waals surface area contributed by atoms with Crippen LogP contribution in [0.15, 0.2) is 0 Å². The van der Waals surface area contributed by atoms with Crippen molar-refractivity contribution in [3.8, 4) is 11.8 Å². The molecule has 0 radical (unpaired) electrons. The van der Waals surface area contributed by atoms with Gasteiger partial charge in [0.15, 0.2) is 0 Å². The lowest BCUT2D eigenvalue weighted by Crippen LogP contribution is -2.01. The minimum Gasteiger partial charge on any atom is -0.481 e. The van der Waals surface area contributed by atoms with Crippen molar-refractivity contribution in [1.29, 1.82) is 0 Å². The predicted octanol–water partition coefficient (Wildman–Crippen LogP) is 1.99. The van der Waals surface area contributed by atoms with Crippen LogP contribution in [0.5, 0.6) is 0 Å². The first-order chi connectivity index (χ1) is 7.41. The molecule has 2 N–H and O–H groups in total. The maximum Gasteiger partial charge on any atom is 0.303 e. The maximum absolute atomic E-state index is 10.3. The smallest absolute Gasteiger partial charge is 0.303 e. The second-order valence-electron chi connectivity index (χ2n) is 3.96. The summed E-state index contributed by atoms with van der Waals surface area (Å²) in [6.45, 7) is 3.75. The molecule has 0 spiro atoms. The Hall–Kier alpha value is -1.50. The molecule has 0 aliphatic carbocycles. The fraction of sp³-hybridized carbons (Fsp3) is 0.667. The fourth-order valence-electron chi connectivity index (χ4n) is 1.11. The second-order valence-corrected chi connectivity index (χ2v) is 3.96. The van der Waals surface area contributed by atoms with Crippen LogP contribution in [0.1, 0.15) is 39.5 Å². The summed E-state index contributed by atoms with van der Waals surface area (Å²) in [5.74, 6) is 4.38. The number of aliphatic carboxylic acids is 2. The van der Waals surface area contributed by atoms with Gasteiger partial charge in [0.05, 0.1) is 0 Å². The van der Waals surface area contributed by atoms with Gasteiger partial charge in [-0.1, -0.05) is 25.7 Å². The predicted molar refractivity (Wildman–Crippen MR) is 59.8 cm³/mol. The summed E-state index contributed by atoms with van der Waals surface area (Å²) in [5.41, 5.74) is 0. The van der Waals surface area contributed by atoms with Crippen molar-refractivity contribution in [3.63, 3.8) is 0 Å². The molecule has 0 fully saturated rings. The van der Waals surface area contributed by atoms with Gasteiger partial charge in [0.1, 0.15) is 0 Å². The molecule has 0 amide bonds. The molecule has 0 aromatic carbocycles. The molecule has 0 saturated heterocycles. The van der Waals surface area contributed by atoms with Gasteiger partial charge in [-0.05, 0) is 12.8 Å². The first kappa shape index (κ1) is 14.5. The average molecular weight is 226 g/mol. The van der Waals surface area contributed by atoms with Crippen LogP contribution in [-0.2, 0) is 9.59 Å². The normalized spacial score (nSPS) is 13.4. The van der Waals surface area contributed by atoms with Gasteiger partial charge in [0, 0.05) is 24.7 Å². The highest BCUT2D eigenvalue weighted by atomic mass is 16.4. The molecule has 90 valence electrons. The molecule has 4 nitrogen and oxygen atoms in total. The summed E-state index contributed by atoms with van der Waals surface area (Å²) in [4.78, 5) is 20.6. The van der Waals surface area contributed by atoms with Crippen molar-refractivity contribution >= 4 is 11.9 Å². The lowest BCUT2D eigenvalue weighted by Gasteiger charge is -2.02. The Morgan fingerprint density at radius 1 is 0.938 bits per heavy atom.